The number of pyridine rings is 1. The van der Waals surface area contributed by atoms with Crippen LogP contribution in [0.25, 0.3) is 0 Å². The van der Waals surface area contributed by atoms with Gasteiger partial charge in [-0.2, -0.15) is 0 Å². The first kappa shape index (κ1) is 9.37. The maximum Gasteiger partial charge on any atom is 0.336 e. The maximum atomic E-state index is 12.2. The summed E-state index contributed by atoms with van der Waals surface area (Å²) in [5, 5.41) is 8.52. The summed E-state index contributed by atoms with van der Waals surface area (Å²) < 4.78 is 24.4. The van der Waals surface area contributed by atoms with Crippen molar-refractivity contribution in [3.8, 4) is 0 Å². The van der Waals surface area contributed by atoms with Crippen LogP contribution in [0.15, 0.2) is 12.3 Å². The molecule has 1 heterocycles. The SMILES string of the molecule is Nc1cc(C(=O)O)c(C(F)F)cn1. The Morgan fingerprint density at radius 3 is 2.69 bits per heavy atom. The van der Waals surface area contributed by atoms with Crippen LogP contribution in [0.2, 0.25) is 0 Å². The molecular weight excluding hydrogens is 182 g/mol. The van der Waals surface area contributed by atoms with Crippen LogP contribution in [-0.2, 0) is 0 Å². The average Bonchev–Trinajstić information content (AvgIpc) is 2.03. The number of hydrogen-bond acceptors (Lipinski definition) is 3. The lowest BCUT2D eigenvalue weighted by Crippen LogP contribution is -2.05. The van der Waals surface area contributed by atoms with E-state index in [1.54, 1.807) is 0 Å². The van der Waals surface area contributed by atoms with Crippen molar-refractivity contribution in [1.82, 2.24) is 4.98 Å². The van der Waals surface area contributed by atoms with Gasteiger partial charge in [0.05, 0.1) is 11.1 Å². The van der Waals surface area contributed by atoms with Crippen LogP contribution in [0.3, 0.4) is 0 Å². The van der Waals surface area contributed by atoms with Gasteiger partial charge in [-0.05, 0) is 6.07 Å². The topological polar surface area (TPSA) is 76.2 Å². The van der Waals surface area contributed by atoms with Gasteiger partial charge in [0.15, 0.2) is 0 Å². The molecule has 1 aromatic rings. The van der Waals surface area contributed by atoms with Crippen molar-refractivity contribution in [2.24, 2.45) is 0 Å². The molecule has 1 rings (SSSR count). The number of rotatable bonds is 2. The highest BCUT2D eigenvalue weighted by Crippen LogP contribution is 2.23. The fraction of sp³-hybridized carbons (Fsp3) is 0.143. The Hall–Kier alpha value is -1.72. The summed E-state index contributed by atoms with van der Waals surface area (Å²) in [6, 6.07) is 0.907. The minimum absolute atomic E-state index is 0.0956. The van der Waals surface area contributed by atoms with Crippen molar-refractivity contribution in [3.63, 3.8) is 0 Å². The Morgan fingerprint density at radius 1 is 1.62 bits per heavy atom. The van der Waals surface area contributed by atoms with Gasteiger partial charge < -0.3 is 10.8 Å². The van der Waals surface area contributed by atoms with E-state index in [4.69, 9.17) is 10.8 Å². The summed E-state index contributed by atoms with van der Waals surface area (Å²) in [6.07, 6.45) is -2.09. The van der Waals surface area contributed by atoms with Crippen LogP contribution < -0.4 is 5.73 Å². The third-order valence-corrected chi connectivity index (χ3v) is 1.42. The van der Waals surface area contributed by atoms with Crippen molar-refractivity contribution in [2.45, 2.75) is 6.43 Å². The van der Waals surface area contributed by atoms with Gasteiger partial charge in [0, 0.05) is 6.20 Å². The number of anilines is 1. The fourth-order valence-corrected chi connectivity index (χ4v) is 0.841. The molecule has 1 aromatic heterocycles. The molecule has 3 N–H and O–H groups in total. The summed E-state index contributed by atoms with van der Waals surface area (Å²) in [7, 11) is 0. The van der Waals surface area contributed by atoms with Crippen LogP contribution in [0.1, 0.15) is 22.3 Å². The molecular formula is C7H6F2N2O2. The third-order valence-electron chi connectivity index (χ3n) is 1.42. The van der Waals surface area contributed by atoms with Gasteiger partial charge in [-0.3, -0.25) is 0 Å². The average molecular weight is 188 g/mol. The number of hydrogen-bond donors (Lipinski definition) is 2. The van der Waals surface area contributed by atoms with Crippen molar-refractivity contribution < 1.29 is 18.7 Å². The Labute approximate surface area is 72.0 Å². The van der Waals surface area contributed by atoms with Crippen molar-refractivity contribution in [2.75, 3.05) is 5.73 Å². The zero-order valence-electron chi connectivity index (χ0n) is 6.37. The molecule has 0 aliphatic carbocycles. The minimum Gasteiger partial charge on any atom is -0.478 e. The number of aromatic carboxylic acids is 1. The zero-order valence-corrected chi connectivity index (χ0v) is 6.37. The van der Waals surface area contributed by atoms with Crippen LogP contribution >= 0.6 is 0 Å². The van der Waals surface area contributed by atoms with Crippen LogP contribution in [0.5, 0.6) is 0 Å². The van der Waals surface area contributed by atoms with E-state index in [9.17, 15) is 13.6 Å². The molecule has 0 bridgehead atoms. The molecule has 0 saturated heterocycles. The van der Waals surface area contributed by atoms with E-state index < -0.39 is 23.5 Å². The van der Waals surface area contributed by atoms with Gasteiger partial charge in [0.1, 0.15) is 5.82 Å². The molecule has 0 unspecified atom stereocenters. The standard InChI is InChI=1S/C7H6F2N2O2/c8-6(9)4-2-11-5(10)1-3(4)7(12)13/h1-2,6H,(H2,10,11)(H,12,13). The van der Waals surface area contributed by atoms with E-state index >= 15 is 0 Å². The highest BCUT2D eigenvalue weighted by Gasteiger charge is 2.18. The number of nitrogen functional groups attached to an aromatic ring is 1. The lowest BCUT2D eigenvalue weighted by Gasteiger charge is -2.04. The second-order valence-electron chi connectivity index (χ2n) is 2.30. The van der Waals surface area contributed by atoms with Crippen molar-refractivity contribution >= 4 is 11.8 Å². The predicted octanol–water partition coefficient (Wildman–Crippen LogP) is 1.30. The van der Waals surface area contributed by atoms with Gasteiger partial charge in [-0.15, -0.1) is 0 Å². The number of carbonyl (C=O) groups is 1. The largest absolute Gasteiger partial charge is 0.478 e. The van der Waals surface area contributed by atoms with Crippen LogP contribution in [0.4, 0.5) is 14.6 Å². The van der Waals surface area contributed by atoms with Gasteiger partial charge >= 0.3 is 5.97 Å². The van der Waals surface area contributed by atoms with Crippen LogP contribution in [-0.4, -0.2) is 16.1 Å². The van der Waals surface area contributed by atoms with E-state index in [1.807, 2.05) is 0 Å². The number of carboxylic acid groups (broad SMARTS) is 1. The normalized spacial score (nSPS) is 10.4. The number of nitrogens with zero attached hydrogens (tertiary/aromatic N) is 1. The Morgan fingerprint density at radius 2 is 2.23 bits per heavy atom. The van der Waals surface area contributed by atoms with Crippen LogP contribution in [0, 0.1) is 0 Å². The lowest BCUT2D eigenvalue weighted by atomic mass is 10.1. The minimum atomic E-state index is -2.86. The summed E-state index contributed by atoms with van der Waals surface area (Å²) in [5.41, 5.74) is 4.01. The molecule has 0 amide bonds. The summed E-state index contributed by atoms with van der Waals surface area (Å²) in [6.45, 7) is 0. The van der Waals surface area contributed by atoms with E-state index in [2.05, 4.69) is 4.98 Å². The highest BCUT2D eigenvalue weighted by molar-refractivity contribution is 5.90. The van der Waals surface area contributed by atoms with Gasteiger partial charge in [-0.25, -0.2) is 18.6 Å². The molecule has 0 aliphatic heterocycles. The summed E-state index contributed by atoms with van der Waals surface area (Å²) in [4.78, 5) is 13.8. The first-order chi connectivity index (χ1) is 6.02. The smallest absolute Gasteiger partial charge is 0.336 e. The van der Waals surface area contributed by atoms with Crippen molar-refractivity contribution in [3.05, 3.63) is 23.4 Å². The molecule has 0 spiro atoms. The first-order valence-corrected chi connectivity index (χ1v) is 3.29. The predicted molar refractivity (Wildman–Crippen MR) is 40.6 cm³/mol. The monoisotopic (exact) mass is 188 g/mol. The summed E-state index contributed by atoms with van der Waals surface area (Å²) >= 11 is 0. The second kappa shape index (κ2) is 3.34. The lowest BCUT2D eigenvalue weighted by molar-refractivity contribution is 0.0684. The quantitative estimate of drug-likeness (QED) is 0.733. The van der Waals surface area contributed by atoms with E-state index in [0.717, 1.165) is 12.3 Å². The number of alkyl halides is 2. The van der Waals surface area contributed by atoms with E-state index in [-0.39, 0.29) is 5.82 Å². The number of carboxylic acids is 1. The van der Waals surface area contributed by atoms with E-state index in [1.165, 1.54) is 0 Å². The molecule has 0 aromatic carbocycles. The molecule has 0 atom stereocenters. The fourth-order valence-electron chi connectivity index (χ4n) is 0.841. The third kappa shape index (κ3) is 1.90. The van der Waals surface area contributed by atoms with Crippen molar-refractivity contribution in [1.29, 1.82) is 0 Å². The number of aromatic nitrogens is 1. The molecule has 6 heteroatoms. The first-order valence-electron chi connectivity index (χ1n) is 3.29. The number of nitrogens with two attached hydrogens (primary N) is 1. The molecule has 0 aliphatic rings. The Kier molecular flexibility index (Phi) is 2.41. The molecule has 0 saturated carbocycles. The Balaban J connectivity index is 3.27. The highest BCUT2D eigenvalue weighted by atomic mass is 19.3. The molecule has 0 fully saturated rings. The van der Waals surface area contributed by atoms with Gasteiger partial charge in [0.2, 0.25) is 0 Å². The second-order valence-corrected chi connectivity index (χ2v) is 2.30. The molecule has 70 valence electrons. The van der Waals surface area contributed by atoms with Gasteiger partial charge in [0.25, 0.3) is 6.43 Å². The van der Waals surface area contributed by atoms with E-state index in [0.29, 0.717) is 0 Å². The molecule has 13 heavy (non-hydrogen) atoms. The number of halogens is 2. The zero-order chi connectivity index (χ0) is 10.0. The summed E-state index contributed by atoms with van der Waals surface area (Å²) in [5.74, 6) is -1.54. The van der Waals surface area contributed by atoms with Gasteiger partial charge in [-0.1, -0.05) is 0 Å². The Bertz CT molecular complexity index is 341. The molecule has 0 radical (unpaired) electrons. The maximum absolute atomic E-state index is 12.2. The molecule has 4 nitrogen and oxygen atoms in total.